The molecule has 3 atom stereocenters. The number of ether oxygens (including phenoxy) is 2. The Balaban J connectivity index is 1.09. The van der Waals surface area contributed by atoms with Crippen LogP contribution in [0.3, 0.4) is 0 Å². The molecular weight excluding hydrogens is 536 g/mol. The maximum atomic E-state index is 13.1. The molecule has 6 heteroatoms. The van der Waals surface area contributed by atoms with Crippen LogP contribution in [0.25, 0.3) is 21.8 Å². The highest BCUT2D eigenvalue weighted by atomic mass is 16.6. The van der Waals surface area contributed by atoms with Gasteiger partial charge in [0.25, 0.3) is 0 Å². The molecule has 3 unspecified atom stereocenters. The third kappa shape index (κ3) is 6.70. The van der Waals surface area contributed by atoms with E-state index < -0.39 is 6.10 Å². The smallest absolute Gasteiger partial charge is 0.307 e. The lowest BCUT2D eigenvalue weighted by Gasteiger charge is -2.19. The molecule has 0 spiro atoms. The fraction of sp³-hybridized carbons (Fsp3) is 0.189. The van der Waals surface area contributed by atoms with Gasteiger partial charge in [-0.1, -0.05) is 97.1 Å². The lowest BCUT2D eigenvalue weighted by Crippen LogP contribution is -2.24. The predicted octanol–water partition coefficient (Wildman–Crippen LogP) is 7.87. The number of esters is 2. The average molecular weight is 571 g/mol. The summed E-state index contributed by atoms with van der Waals surface area (Å²) in [6, 6.07) is 40.1. The van der Waals surface area contributed by atoms with Gasteiger partial charge in [-0.3, -0.25) is 9.59 Å². The van der Waals surface area contributed by atoms with E-state index in [1.165, 1.54) is 0 Å². The number of hydrogen-bond acceptors (Lipinski definition) is 4. The number of hydrogen-bond donors (Lipinski definition) is 2. The fourth-order valence-corrected chi connectivity index (χ4v) is 5.66. The molecule has 0 amide bonds. The minimum Gasteiger partial charge on any atom is -0.462 e. The van der Waals surface area contributed by atoms with Crippen LogP contribution in [-0.2, 0) is 19.1 Å². The van der Waals surface area contributed by atoms with Crippen LogP contribution in [0.5, 0.6) is 0 Å². The summed E-state index contributed by atoms with van der Waals surface area (Å²) in [7, 11) is 0. The third-order valence-corrected chi connectivity index (χ3v) is 7.81. The second-order valence-electron chi connectivity index (χ2n) is 10.9. The highest BCUT2D eigenvalue weighted by Crippen LogP contribution is 2.32. The molecule has 0 aliphatic rings. The second-order valence-corrected chi connectivity index (χ2v) is 10.9. The number of carbonyl (C=O) groups is 2. The number of aromatic amines is 2. The lowest BCUT2D eigenvalue weighted by atomic mass is 9.92. The maximum absolute atomic E-state index is 13.1. The van der Waals surface area contributed by atoms with E-state index in [0.717, 1.165) is 44.3 Å². The summed E-state index contributed by atoms with van der Waals surface area (Å²) in [4.78, 5) is 33.1. The Hall–Kier alpha value is -5.10. The van der Waals surface area contributed by atoms with Gasteiger partial charge in [-0.25, -0.2) is 0 Å². The fourth-order valence-electron chi connectivity index (χ4n) is 5.66. The van der Waals surface area contributed by atoms with E-state index in [2.05, 4.69) is 22.1 Å². The summed E-state index contributed by atoms with van der Waals surface area (Å²) >= 11 is 0. The molecule has 6 rings (SSSR count). The molecule has 2 aromatic heterocycles. The Kier molecular flexibility index (Phi) is 8.36. The Bertz CT molecular complexity index is 1760. The molecular formula is C37H34N2O4. The first-order valence-corrected chi connectivity index (χ1v) is 14.6. The Morgan fingerprint density at radius 2 is 1.05 bits per heavy atom. The predicted molar refractivity (Wildman–Crippen MR) is 169 cm³/mol. The molecule has 0 radical (unpaired) electrons. The number of para-hydroxylation sites is 2. The average Bonchev–Trinajstić information content (AvgIpc) is 3.67. The Morgan fingerprint density at radius 3 is 1.53 bits per heavy atom. The molecule has 2 heterocycles. The second kappa shape index (κ2) is 12.8. The van der Waals surface area contributed by atoms with Crippen molar-refractivity contribution in [1.29, 1.82) is 0 Å². The molecule has 0 fully saturated rings. The van der Waals surface area contributed by atoms with Crippen molar-refractivity contribution in [2.45, 2.75) is 37.7 Å². The van der Waals surface area contributed by atoms with Crippen LogP contribution in [0.15, 0.2) is 121 Å². The minimum absolute atomic E-state index is 0.0127. The van der Waals surface area contributed by atoms with Crippen molar-refractivity contribution >= 4 is 33.7 Å². The summed E-state index contributed by atoms with van der Waals surface area (Å²) in [6.45, 7) is 1.74. The van der Waals surface area contributed by atoms with E-state index in [0.29, 0.717) is 0 Å². The van der Waals surface area contributed by atoms with Crippen molar-refractivity contribution in [1.82, 2.24) is 9.97 Å². The third-order valence-electron chi connectivity index (χ3n) is 7.81. The van der Waals surface area contributed by atoms with Gasteiger partial charge in [-0.05, 0) is 53.1 Å². The first-order valence-electron chi connectivity index (χ1n) is 14.6. The number of carbonyl (C=O) groups excluding carboxylic acids is 2. The van der Waals surface area contributed by atoms with Crippen LogP contribution in [0.4, 0.5) is 0 Å². The van der Waals surface area contributed by atoms with Gasteiger partial charge in [0.15, 0.2) is 0 Å². The zero-order valence-electron chi connectivity index (χ0n) is 24.0. The van der Waals surface area contributed by atoms with Gasteiger partial charge in [0.05, 0.1) is 12.8 Å². The van der Waals surface area contributed by atoms with Gasteiger partial charge >= 0.3 is 11.9 Å². The van der Waals surface area contributed by atoms with Crippen LogP contribution < -0.4 is 0 Å². The number of rotatable bonds is 11. The summed E-state index contributed by atoms with van der Waals surface area (Å²) in [5, 5.41) is 2.18. The van der Waals surface area contributed by atoms with E-state index >= 15 is 0 Å². The highest BCUT2D eigenvalue weighted by Gasteiger charge is 2.24. The normalized spacial score (nSPS) is 13.4. The van der Waals surface area contributed by atoms with Crippen LogP contribution in [0.2, 0.25) is 0 Å². The number of fused-ring (bicyclic) bond motifs is 2. The molecule has 216 valence electrons. The molecule has 0 aliphatic carbocycles. The van der Waals surface area contributed by atoms with Crippen molar-refractivity contribution < 1.29 is 19.1 Å². The highest BCUT2D eigenvalue weighted by molar-refractivity contribution is 5.82. The SMILES string of the molecule is CC(COC(=O)CC(c1ccccc1)c1cc2ccccc2[nH]1)OC(=O)CC(c1ccccc1)c1cc2ccccc2[nH]1. The summed E-state index contributed by atoms with van der Waals surface area (Å²) in [5.74, 6) is -1.09. The first kappa shape index (κ1) is 28.0. The molecule has 0 bridgehead atoms. The summed E-state index contributed by atoms with van der Waals surface area (Å²) in [5.41, 5.74) is 5.99. The zero-order chi connectivity index (χ0) is 29.6. The van der Waals surface area contributed by atoms with Crippen molar-refractivity contribution in [3.63, 3.8) is 0 Å². The molecule has 2 N–H and O–H groups in total. The van der Waals surface area contributed by atoms with Gasteiger partial charge in [0.2, 0.25) is 0 Å². The molecule has 0 saturated heterocycles. The topological polar surface area (TPSA) is 84.2 Å². The molecule has 4 aromatic carbocycles. The van der Waals surface area contributed by atoms with Gasteiger partial charge in [-0.2, -0.15) is 0 Å². The van der Waals surface area contributed by atoms with E-state index in [1.807, 2.05) is 109 Å². The Labute approximate surface area is 250 Å². The van der Waals surface area contributed by atoms with Crippen LogP contribution >= 0.6 is 0 Å². The molecule has 6 nitrogen and oxygen atoms in total. The van der Waals surface area contributed by atoms with Crippen molar-refractivity contribution in [2.75, 3.05) is 6.61 Å². The quantitative estimate of drug-likeness (QED) is 0.155. The monoisotopic (exact) mass is 570 g/mol. The van der Waals surface area contributed by atoms with E-state index in [4.69, 9.17) is 9.47 Å². The van der Waals surface area contributed by atoms with Crippen molar-refractivity contribution in [2.24, 2.45) is 0 Å². The number of benzene rings is 4. The van der Waals surface area contributed by atoms with Gasteiger partial charge in [0, 0.05) is 34.3 Å². The molecule has 0 saturated carbocycles. The van der Waals surface area contributed by atoms with Gasteiger partial charge < -0.3 is 19.4 Å². The van der Waals surface area contributed by atoms with Gasteiger partial charge in [-0.15, -0.1) is 0 Å². The summed E-state index contributed by atoms with van der Waals surface area (Å²) in [6.07, 6.45) is -0.265. The Morgan fingerprint density at radius 1 is 0.605 bits per heavy atom. The number of aromatic nitrogens is 2. The van der Waals surface area contributed by atoms with Crippen molar-refractivity contribution in [3.05, 3.63) is 144 Å². The van der Waals surface area contributed by atoms with E-state index in [9.17, 15) is 9.59 Å². The number of H-pyrrole nitrogens is 2. The summed E-state index contributed by atoms with van der Waals surface area (Å²) < 4.78 is 11.4. The van der Waals surface area contributed by atoms with Crippen LogP contribution in [-0.4, -0.2) is 34.6 Å². The van der Waals surface area contributed by atoms with Crippen LogP contribution in [0, 0.1) is 0 Å². The van der Waals surface area contributed by atoms with E-state index in [-0.39, 0.29) is 43.2 Å². The molecule has 6 aromatic rings. The maximum Gasteiger partial charge on any atom is 0.307 e. The standard InChI is InChI=1S/C37H34N2O4/c1-25(43-37(41)23-31(27-14-6-3-7-15-27)35-21-29-17-9-11-19-33(29)39-35)24-42-36(40)22-30(26-12-4-2-5-13-26)34-20-28-16-8-10-18-32(28)38-34/h2-21,25,30-31,38-39H,22-24H2,1H3. The molecule has 0 aliphatic heterocycles. The minimum atomic E-state index is -0.584. The van der Waals surface area contributed by atoms with E-state index in [1.54, 1.807) is 6.92 Å². The lowest BCUT2D eigenvalue weighted by molar-refractivity contribution is -0.158. The first-order chi connectivity index (χ1) is 21.0. The van der Waals surface area contributed by atoms with Crippen molar-refractivity contribution in [3.8, 4) is 0 Å². The largest absolute Gasteiger partial charge is 0.462 e. The molecule has 43 heavy (non-hydrogen) atoms. The number of nitrogens with one attached hydrogen (secondary N) is 2. The van der Waals surface area contributed by atoms with Gasteiger partial charge in [0.1, 0.15) is 12.7 Å². The van der Waals surface area contributed by atoms with Crippen LogP contribution in [0.1, 0.15) is 54.1 Å². The zero-order valence-corrected chi connectivity index (χ0v) is 24.0.